The van der Waals surface area contributed by atoms with E-state index in [1.807, 2.05) is 30.3 Å². The van der Waals surface area contributed by atoms with Gasteiger partial charge >= 0.3 is 0 Å². The lowest BCUT2D eigenvalue weighted by Crippen LogP contribution is -2.10. The van der Waals surface area contributed by atoms with E-state index in [1.54, 1.807) is 14.2 Å². The van der Waals surface area contributed by atoms with Crippen molar-refractivity contribution < 1.29 is 13.9 Å². The molecule has 3 aromatic rings. The number of ether oxygens (including phenoxy) is 2. The first-order valence-electron chi connectivity index (χ1n) is 8.69. The molecule has 0 aliphatic rings. The lowest BCUT2D eigenvalue weighted by Gasteiger charge is -2.18. The van der Waals surface area contributed by atoms with Crippen LogP contribution in [-0.2, 0) is 11.2 Å². The standard InChI is InChI=1S/C21H24N2O3S/c1-21(2,3)16-8-6-14(7-9-16)19-22-23-20(26-19)27-13-15-12-17(24-4)10-11-18(15)25-5/h6-12H,13H2,1-5H3. The number of benzene rings is 2. The molecule has 5 nitrogen and oxygen atoms in total. The zero-order valence-electron chi connectivity index (χ0n) is 16.3. The molecule has 27 heavy (non-hydrogen) atoms. The first kappa shape index (κ1) is 19.3. The molecule has 0 aliphatic carbocycles. The van der Waals surface area contributed by atoms with Crippen molar-refractivity contribution >= 4 is 11.8 Å². The second kappa shape index (κ2) is 8.05. The van der Waals surface area contributed by atoms with Crippen molar-refractivity contribution in [1.82, 2.24) is 10.2 Å². The van der Waals surface area contributed by atoms with Gasteiger partial charge in [-0.05, 0) is 41.3 Å². The Kier molecular flexibility index (Phi) is 5.75. The van der Waals surface area contributed by atoms with E-state index in [4.69, 9.17) is 13.9 Å². The Hall–Kier alpha value is -2.47. The van der Waals surface area contributed by atoms with E-state index < -0.39 is 0 Å². The van der Waals surface area contributed by atoms with Gasteiger partial charge in [0.25, 0.3) is 5.22 Å². The molecule has 2 aromatic carbocycles. The molecule has 0 aliphatic heterocycles. The van der Waals surface area contributed by atoms with Gasteiger partial charge in [0.15, 0.2) is 0 Å². The van der Waals surface area contributed by atoms with Gasteiger partial charge in [-0.1, -0.05) is 44.7 Å². The van der Waals surface area contributed by atoms with Crippen LogP contribution in [0.4, 0.5) is 0 Å². The fraction of sp³-hybridized carbons (Fsp3) is 0.333. The van der Waals surface area contributed by atoms with Gasteiger partial charge in [-0.25, -0.2) is 0 Å². The van der Waals surface area contributed by atoms with E-state index in [-0.39, 0.29) is 5.41 Å². The number of hydrogen-bond donors (Lipinski definition) is 0. The van der Waals surface area contributed by atoms with Gasteiger partial charge in [0.1, 0.15) is 11.5 Å². The van der Waals surface area contributed by atoms with E-state index in [1.165, 1.54) is 17.3 Å². The molecule has 1 heterocycles. The average Bonchev–Trinajstić information content (AvgIpc) is 3.14. The second-order valence-electron chi connectivity index (χ2n) is 7.17. The van der Waals surface area contributed by atoms with Crippen molar-refractivity contribution in [3.05, 3.63) is 53.6 Å². The summed E-state index contributed by atoms with van der Waals surface area (Å²) in [5.74, 6) is 2.76. The Bertz CT molecular complexity index is 899. The van der Waals surface area contributed by atoms with Crippen LogP contribution in [-0.4, -0.2) is 24.4 Å². The van der Waals surface area contributed by atoms with Gasteiger partial charge in [0, 0.05) is 16.9 Å². The van der Waals surface area contributed by atoms with Crippen molar-refractivity contribution in [2.45, 2.75) is 37.2 Å². The third-order valence-corrected chi connectivity index (χ3v) is 5.11. The zero-order valence-corrected chi connectivity index (χ0v) is 17.1. The molecule has 0 amide bonds. The number of hydrogen-bond acceptors (Lipinski definition) is 6. The topological polar surface area (TPSA) is 57.4 Å². The number of methoxy groups -OCH3 is 2. The van der Waals surface area contributed by atoms with E-state index in [9.17, 15) is 0 Å². The van der Waals surface area contributed by atoms with E-state index in [0.29, 0.717) is 16.9 Å². The fourth-order valence-electron chi connectivity index (χ4n) is 2.63. The molecule has 6 heteroatoms. The predicted octanol–water partition coefficient (Wildman–Crippen LogP) is 5.34. The quantitative estimate of drug-likeness (QED) is 0.535. The summed E-state index contributed by atoms with van der Waals surface area (Å²) in [4.78, 5) is 0. The highest BCUT2D eigenvalue weighted by molar-refractivity contribution is 7.98. The smallest absolute Gasteiger partial charge is 0.277 e. The van der Waals surface area contributed by atoms with Crippen molar-refractivity contribution in [2.24, 2.45) is 0 Å². The molecule has 0 fully saturated rings. The minimum atomic E-state index is 0.115. The summed E-state index contributed by atoms with van der Waals surface area (Å²) in [5, 5.41) is 8.85. The van der Waals surface area contributed by atoms with Gasteiger partial charge in [-0.15, -0.1) is 10.2 Å². The first-order chi connectivity index (χ1) is 12.9. The molecular formula is C21H24N2O3S. The zero-order chi connectivity index (χ0) is 19.4. The molecule has 1 aromatic heterocycles. The molecule has 0 saturated heterocycles. The van der Waals surface area contributed by atoms with Crippen molar-refractivity contribution in [1.29, 1.82) is 0 Å². The Morgan fingerprint density at radius 1 is 0.963 bits per heavy atom. The summed E-state index contributed by atoms with van der Waals surface area (Å²) in [6, 6.07) is 14.0. The molecule has 0 atom stereocenters. The maximum absolute atomic E-state index is 5.82. The van der Waals surface area contributed by atoms with Gasteiger partial charge in [-0.2, -0.15) is 0 Å². The monoisotopic (exact) mass is 384 g/mol. The summed E-state index contributed by atoms with van der Waals surface area (Å²) in [5.41, 5.74) is 3.31. The molecule has 0 spiro atoms. The van der Waals surface area contributed by atoms with Crippen molar-refractivity contribution in [3.63, 3.8) is 0 Å². The molecular weight excluding hydrogens is 360 g/mol. The van der Waals surface area contributed by atoms with Crippen LogP contribution in [0.15, 0.2) is 52.1 Å². The summed E-state index contributed by atoms with van der Waals surface area (Å²) in [6.07, 6.45) is 0. The molecule has 0 radical (unpaired) electrons. The molecule has 0 N–H and O–H groups in total. The summed E-state index contributed by atoms with van der Waals surface area (Å²) in [7, 11) is 3.30. The van der Waals surface area contributed by atoms with Crippen molar-refractivity contribution in [3.8, 4) is 23.0 Å². The Morgan fingerprint density at radius 3 is 2.33 bits per heavy atom. The third-order valence-electron chi connectivity index (χ3n) is 4.24. The lowest BCUT2D eigenvalue weighted by molar-refractivity contribution is 0.400. The Balaban J connectivity index is 1.72. The molecule has 3 rings (SSSR count). The SMILES string of the molecule is COc1ccc(OC)c(CSc2nnc(-c3ccc(C(C)(C)C)cc3)o2)c1. The number of nitrogens with zero attached hydrogens (tertiary/aromatic N) is 2. The number of thioether (sulfide) groups is 1. The van der Waals surface area contributed by atoms with E-state index in [2.05, 4.69) is 43.1 Å². The normalized spacial score (nSPS) is 11.4. The first-order valence-corrected chi connectivity index (χ1v) is 9.67. The van der Waals surface area contributed by atoms with Gasteiger partial charge < -0.3 is 13.9 Å². The van der Waals surface area contributed by atoms with Crippen LogP contribution in [0.1, 0.15) is 31.9 Å². The number of rotatable bonds is 6. The molecule has 0 bridgehead atoms. The van der Waals surface area contributed by atoms with Crippen LogP contribution in [0, 0.1) is 0 Å². The third kappa shape index (κ3) is 4.63. The van der Waals surface area contributed by atoms with Crippen LogP contribution < -0.4 is 9.47 Å². The lowest BCUT2D eigenvalue weighted by atomic mass is 9.87. The maximum Gasteiger partial charge on any atom is 0.277 e. The van der Waals surface area contributed by atoms with E-state index in [0.717, 1.165) is 22.6 Å². The Morgan fingerprint density at radius 2 is 1.70 bits per heavy atom. The van der Waals surface area contributed by atoms with Crippen molar-refractivity contribution in [2.75, 3.05) is 14.2 Å². The van der Waals surface area contributed by atoms with Crippen LogP contribution in [0.5, 0.6) is 11.5 Å². The minimum absolute atomic E-state index is 0.115. The van der Waals surface area contributed by atoms with Crippen LogP contribution >= 0.6 is 11.8 Å². The minimum Gasteiger partial charge on any atom is -0.497 e. The molecule has 0 saturated carbocycles. The Labute approximate surface area is 164 Å². The van der Waals surface area contributed by atoms with Crippen LogP contribution in [0.3, 0.4) is 0 Å². The summed E-state index contributed by atoms with van der Waals surface area (Å²) >= 11 is 1.47. The maximum atomic E-state index is 5.82. The van der Waals surface area contributed by atoms with Gasteiger partial charge in [0.05, 0.1) is 14.2 Å². The largest absolute Gasteiger partial charge is 0.497 e. The summed E-state index contributed by atoms with van der Waals surface area (Å²) < 4.78 is 16.5. The summed E-state index contributed by atoms with van der Waals surface area (Å²) in [6.45, 7) is 6.57. The second-order valence-corrected chi connectivity index (χ2v) is 8.09. The van der Waals surface area contributed by atoms with Gasteiger partial charge in [-0.3, -0.25) is 0 Å². The van der Waals surface area contributed by atoms with Crippen LogP contribution in [0.2, 0.25) is 0 Å². The highest BCUT2D eigenvalue weighted by Crippen LogP contribution is 2.32. The molecule has 0 unspecified atom stereocenters. The van der Waals surface area contributed by atoms with E-state index >= 15 is 0 Å². The van der Waals surface area contributed by atoms with Crippen LogP contribution in [0.25, 0.3) is 11.5 Å². The number of aromatic nitrogens is 2. The highest BCUT2D eigenvalue weighted by atomic mass is 32.2. The van der Waals surface area contributed by atoms with Gasteiger partial charge in [0.2, 0.25) is 5.89 Å². The average molecular weight is 385 g/mol. The molecule has 142 valence electrons. The predicted molar refractivity (Wildman–Crippen MR) is 108 cm³/mol. The fourth-order valence-corrected chi connectivity index (χ4v) is 3.37. The highest BCUT2D eigenvalue weighted by Gasteiger charge is 2.15.